The second-order valence-corrected chi connectivity index (χ2v) is 6.05. The molecule has 1 aliphatic rings. The SMILES string of the molecule is O=C(O)c1cn2c(n1)CN=C(c1ccccc1F)c1cc(Cl)c(F)cc1-2. The molecule has 3 aromatic rings. The van der Waals surface area contributed by atoms with E-state index in [1.807, 2.05) is 0 Å². The summed E-state index contributed by atoms with van der Waals surface area (Å²) in [6.07, 6.45) is 1.28. The number of halogens is 3. The summed E-state index contributed by atoms with van der Waals surface area (Å²) in [5.74, 6) is -2.07. The predicted molar refractivity (Wildman–Crippen MR) is 91.2 cm³/mol. The lowest BCUT2D eigenvalue weighted by Gasteiger charge is -2.13. The summed E-state index contributed by atoms with van der Waals surface area (Å²) in [5.41, 5.74) is 1.02. The van der Waals surface area contributed by atoms with E-state index in [1.165, 1.54) is 22.9 Å². The number of benzene rings is 2. The molecule has 0 aliphatic carbocycles. The van der Waals surface area contributed by atoms with Gasteiger partial charge in [0.2, 0.25) is 0 Å². The highest BCUT2D eigenvalue weighted by Gasteiger charge is 2.25. The number of imidazole rings is 1. The van der Waals surface area contributed by atoms with Crippen molar-refractivity contribution in [1.82, 2.24) is 9.55 Å². The zero-order valence-electron chi connectivity index (χ0n) is 13.1. The van der Waals surface area contributed by atoms with E-state index in [2.05, 4.69) is 9.98 Å². The number of carboxylic acids is 1. The van der Waals surface area contributed by atoms with Crippen molar-refractivity contribution >= 4 is 23.3 Å². The number of aromatic carboxylic acids is 1. The van der Waals surface area contributed by atoms with E-state index in [4.69, 9.17) is 16.7 Å². The quantitative estimate of drug-likeness (QED) is 0.741. The van der Waals surface area contributed by atoms with Gasteiger partial charge in [-0.2, -0.15) is 0 Å². The Morgan fingerprint density at radius 3 is 2.65 bits per heavy atom. The lowest BCUT2D eigenvalue weighted by Crippen LogP contribution is -2.09. The van der Waals surface area contributed by atoms with E-state index in [9.17, 15) is 13.6 Å². The summed E-state index contributed by atoms with van der Waals surface area (Å²) in [6.45, 7) is 0.00483. The summed E-state index contributed by atoms with van der Waals surface area (Å²) in [7, 11) is 0. The molecule has 5 nitrogen and oxygen atoms in total. The molecule has 1 N–H and O–H groups in total. The van der Waals surface area contributed by atoms with Crippen molar-refractivity contribution in [2.24, 2.45) is 4.99 Å². The van der Waals surface area contributed by atoms with Crippen molar-refractivity contribution in [2.45, 2.75) is 6.54 Å². The highest BCUT2D eigenvalue weighted by atomic mass is 35.5. The molecule has 2 aromatic carbocycles. The summed E-state index contributed by atoms with van der Waals surface area (Å²) in [5, 5.41) is 9.02. The molecular formula is C18H10ClF2N3O2. The molecule has 0 radical (unpaired) electrons. The maximum absolute atomic E-state index is 14.3. The Kier molecular flexibility index (Phi) is 3.81. The van der Waals surface area contributed by atoms with Crippen LogP contribution in [0.3, 0.4) is 0 Å². The van der Waals surface area contributed by atoms with Gasteiger partial charge in [-0.25, -0.2) is 18.6 Å². The van der Waals surface area contributed by atoms with Crippen molar-refractivity contribution in [3.05, 3.63) is 81.9 Å². The van der Waals surface area contributed by atoms with Crippen LogP contribution in [0.4, 0.5) is 8.78 Å². The summed E-state index contributed by atoms with van der Waals surface area (Å²) >= 11 is 5.93. The summed E-state index contributed by atoms with van der Waals surface area (Å²) < 4.78 is 29.9. The standard InChI is InChI=1S/C18H10ClF2N3O2/c19-11-5-10-15(6-13(11)21)24-8-14(18(25)26)23-16(24)7-22-17(10)9-3-1-2-4-12(9)20/h1-6,8H,7H2,(H,25,26). The van der Waals surface area contributed by atoms with Crippen LogP contribution >= 0.6 is 11.6 Å². The molecular weight excluding hydrogens is 364 g/mol. The van der Waals surface area contributed by atoms with E-state index in [0.29, 0.717) is 22.8 Å². The van der Waals surface area contributed by atoms with Crippen molar-refractivity contribution in [2.75, 3.05) is 0 Å². The average Bonchev–Trinajstić information content (AvgIpc) is 2.98. The number of hydrogen-bond acceptors (Lipinski definition) is 3. The van der Waals surface area contributed by atoms with Gasteiger partial charge in [0.15, 0.2) is 5.69 Å². The largest absolute Gasteiger partial charge is 0.476 e. The monoisotopic (exact) mass is 373 g/mol. The molecule has 130 valence electrons. The van der Waals surface area contributed by atoms with Gasteiger partial charge < -0.3 is 9.67 Å². The number of carboxylic acid groups (broad SMARTS) is 1. The van der Waals surface area contributed by atoms with Gasteiger partial charge in [0, 0.05) is 23.4 Å². The van der Waals surface area contributed by atoms with Crippen molar-refractivity contribution in [1.29, 1.82) is 0 Å². The van der Waals surface area contributed by atoms with Gasteiger partial charge >= 0.3 is 5.97 Å². The topological polar surface area (TPSA) is 67.5 Å². The van der Waals surface area contributed by atoms with Crippen LogP contribution in [0.15, 0.2) is 47.6 Å². The third-order valence-corrected chi connectivity index (χ3v) is 4.35. The number of nitrogens with zero attached hydrogens (tertiary/aromatic N) is 3. The number of fused-ring (bicyclic) bond motifs is 3. The van der Waals surface area contributed by atoms with Crippen LogP contribution in [0.25, 0.3) is 5.69 Å². The van der Waals surface area contributed by atoms with Gasteiger partial charge in [-0.3, -0.25) is 4.99 Å². The van der Waals surface area contributed by atoms with Gasteiger partial charge in [0.1, 0.15) is 17.5 Å². The van der Waals surface area contributed by atoms with Crippen LogP contribution in [0.5, 0.6) is 0 Å². The number of hydrogen-bond donors (Lipinski definition) is 1. The zero-order valence-corrected chi connectivity index (χ0v) is 13.8. The first kappa shape index (κ1) is 16.4. The van der Waals surface area contributed by atoms with E-state index < -0.39 is 17.6 Å². The Morgan fingerprint density at radius 2 is 1.92 bits per heavy atom. The maximum Gasteiger partial charge on any atom is 0.356 e. The minimum atomic E-state index is -1.21. The lowest BCUT2D eigenvalue weighted by atomic mass is 10.00. The smallest absolute Gasteiger partial charge is 0.356 e. The molecule has 26 heavy (non-hydrogen) atoms. The van der Waals surface area contributed by atoms with E-state index >= 15 is 0 Å². The Morgan fingerprint density at radius 1 is 1.15 bits per heavy atom. The Bertz CT molecular complexity index is 1090. The van der Waals surface area contributed by atoms with Crippen LogP contribution in [0, 0.1) is 11.6 Å². The molecule has 8 heteroatoms. The number of carbonyl (C=O) groups is 1. The van der Waals surface area contributed by atoms with Crippen molar-refractivity contribution in [3.63, 3.8) is 0 Å². The number of aliphatic imine (C=N–C) groups is 1. The fourth-order valence-corrected chi connectivity index (χ4v) is 3.05. The molecule has 0 amide bonds. The van der Waals surface area contributed by atoms with E-state index in [1.54, 1.807) is 18.2 Å². The first-order valence-corrected chi connectivity index (χ1v) is 7.94. The molecule has 0 fully saturated rings. The van der Waals surface area contributed by atoms with E-state index in [-0.39, 0.29) is 22.8 Å². The summed E-state index contributed by atoms with van der Waals surface area (Å²) in [6, 6.07) is 8.60. The Hall–Kier alpha value is -3.06. The molecule has 4 rings (SSSR count). The fourth-order valence-electron chi connectivity index (χ4n) is 2.89. The average molecular weight is 374 g/mol. The molecule has 0 spiro atoms. The molecule has 2 heterocycles. The Balaban J connectivity index is 2.01. The first-order valence-electron chi connectivity index (χ1n) is 7.56. The van der Waals surface area contributed by atoms with Crippen LogP contribution in [-0.4, -0.2) is 26.3 Å². The summed E-state index contributed by atoms with van der Waals surface area (Å²) in [4.78, 5) is 19.6. The fraction of sp³-hybridized carbons (Fsp3) is 0.0556. The number of rotatable bonds is 2. The van der Waals surface area contributed by atoms with Gasteiger partial charge in [0.25, 0.3) is 0 Å². The van der Waals surface area contributed by atoms with Gasteiger partial charge in [-0.1, -0.05) is 23.7 Å². The van der Waals surface area contributed by atoms with E-state index in [0.717, 1.165) is 6.07 Å². The maximum atomic E-state index is 14.3. The normalized spacial score (nSPS) is 12.8. The van der Waals surface area contributed by atoms with Crippen LogP contribution in [-0.2, 0) is 6.54 Å². The van der Waals surface area contributed by atoms with Crippen molar-refractivity contribution < 1.29 is 18.7 Å². The number of aromatic nitrogens is 2. The molecule has 0 unspecified atom stereocenters. The van der Waals surface area contributed by atoms with Gasteiger partial charge in [-0.15, -0.1) is 0 Å². The minimum Gasteiger partial charge on any atom is -0.476 e. The predicted octanol–water partition coefficient (Wildman–Crippen LogP) is 3.85. The zero-order chi connectivity index (χ0) is 18.4. The highest BCUT2D eigenvalue weighted by Crippen LogP contribution is 2.30. The van der Waals surface area contributed by atoms with Crippen LogP contribution in [0.2, 0.25) is 5.02 Å². The molecule has 0 atom stereocenters. The molecule has 0 bridgehead atoms. The Labute approximate surface area is 151 Å². The first-order chi connectivity index (χ1) is 12.5. The lowest BCUT2D eigenvalue weighted by molar-refractivity contribution is 0.0691. The second kappa shape index (κ2) is 6.03. The highest BCUT2D eigenvalue weighted by molar-refractivity contribution is 6.31. The molecule has 1 aromatic heterocycles. The molecule has 0 saturated carbocycles. The minimum absolute atomic E-state index is 0.00483. The van der Waals surface area contributed by atoms with Gasteiger partial charge in [-0.05, 0) is 18.2 Å². The third-order valence-electron chi connectivity index (χ3n) is 4.06. The van der Waals surface area contributed by atoms with Crippen LogP contribution < -0.4 is 0 Å². The second-order valence-electron chi connectivity index (χ2n) is 5.65. The van der Waals surface area contributed by atoms with Crippen LogP contribution in [0.1, 0.15) is 27.4 Å². The molecule has 0 saturated heterocycles. The third kappa shape index (κ3) is 2.57. The van der Waals surface area contributed by atoms with Crippen molar-refractivity contribution in [3.8, 4) is 5.69 Å². The molecule has 1 aliphatic heterocycles. The van der Waals surface area contributed by atoms with Gasteiger partial charge in [0.05, 0.1) is 23.0 Å².